The van der Waals surface area contributed by atoms with Crippen LogP contribution in [0.1, 0.15) is 12.1 Å². The number of carbonyl (C=O) groups is 1. The Bertz CT molecular complexity index is 602. The number of carboxylic acid groups (broad SMARTS) is 1. The van der Waals surface area contributed by atoms with Crippen molar-refractivity contribution < 1.29 is 18.7 Å². The van der Waals surface area contributed by atoms with Crippen LogP contribution in [-0.2, 0) is 11.2 Å². The monoisotopic (exact) mass is 330 g/mol. The first kappa shape index (κ1) is 15.7. The number of nitrogens with one attached hydrogen (secondary N) is 1. The molecule has 112 valence electrons. The predicted molar refractivity (Wildman–Crippen MR) is 79.7 cm³/mol. The molecule has 0 spiro atoms. The van der Waals surface area contributed by atoms with Crippen molar-refractivity contribution in [3.8, 4) is 0 Å². The van der Waals surface area contributed by atoms with Crippen LogP contribution >= 0.6 is 23.1 Å². The summed E-state index contributed by atoms with van der Waals surface area (Å²) in [6.45, 7) is 0. The second kappa shape index (κ2) is 7.37. The van der Waals surface area contributed by atoms with E-state index in [1.54, 1.807) is 29.6 Å². The third kappa shape index (κ3) is 5.31. The number of anilines is 2. The molecule has 0 amide bonds. The van der Waals surface area contributed by atoms with E-state index in [2.05, 4.69) is 10.3 Å². The maximum atomic E-state index is 12.2. The maximum absolute atomic E-state index is 12.2. The Morgan fingerprint density at radius 2 is 2.10 bits per heavy atom. The zero-order valence-electron chi connectivity index (χ0n) is 10.8. The van der Waals surface area contributed by atoms with Gasteiger partial charge in [-0.3, -0.25) is 4.79 Å². The van der Waals surface area contributed by atoms with Crippen LogP contribution in [0.2, 0.25) is 0 Å². The van der Waals surface area contributed by atoms with Crippen molar-refractivity contribution in [3.05, 3.63) is 35.3 Å². The minimum absolute atomic E-state index is 0.0444. The number of halogens is 2. The SMILES string of the molecule is O=C(O)CCc1csc(Nc2ccc(SC(F)F)cc2)n1. The Kier molecular flexibility index (Phi) is 5.51. The first-order valence-corrected chi connectivity index (χ1v) is 7.77. The first-order chi connectivity index (χ1) is 10.0. The number of carboxylic acids is 1. The van der Waals surface area contributed by atoms with E-state index >= 15 is 0 Å². The van der Waals surface area contributed by atoms with Gasteiger partial charge in [0.2, 0.25) is 0 Å². The summed E-state index contributed by atoms with van der Waals surface area (Å²) >= 11 is 1.87. The van der Waals surface area contributed by atoms with Crippen molar-refractivity contribution in [2.75, 3.05) is 5.32 Å². The van der Waals surface area contributed by atoms with Crippen LogP contribution in [0.15, 0.2) is 34.5 Å². The number of hydrogen-bond donors (Lipinski definition) is 2. The molecule has 8 heteroatoms. The van der Waals surface area contributed by atoms with Crippen LogP contribution in [0.5, 0.6) is 0 Å². The lowest BCUT2D eigenvalue weighted by molar-refractivity contribution is -0.136. The summed E-state index contributed by atoms with van der Waals surface area (Å²) in [6.07, 6.45) is 0.431. The summed E-state index contributed by atoms with van der Waals surface area (Å²) in [5, 5.41) is 14.1. The first-order valence-electron chi connectivity index (χ1n) is 6.01. The number of aryl methyl sites for hydroxylation is 1. The second-order valence-electron chi connectivity index (χ2n) is 4.07. The van der Waals surface area contributed by atoms with Gasteiger partial charge < -0.3 is 10.4 Å². The molecular weight excluding hydrogens is 318 g/mol. The van der Waals surface area contributed by atoms with Gasteiger partial charge in [0.05, 0.1) is 12.1 Å². The van der Waals surface area contributed by atoms with Crippen molar-refractivity contribution in [1.82, 2.24) is 4.98 Å². The fraction of sp³-hybridized carbons (Fsp3) is 0.231. The molecule has 0 saturated carbocycles. The molecule has 2 N–H and O–H groups in total. The van der Waals surface area contributed by atoms with Crippen LogP contribution < -0.4 is 5.32 Å². The minimum atomic E-state index is -2.43. The van der Waals surface area contributed by atoms with Crippen LogP contribution in [0.25, 0.3) is 0 Å². The van der Waals surface area contributed by atoms with Gasteiger partial charge in [0.1, 0.15) is 0 Å². The van der Waals surface area contributed by atoms with E-state index in [0.29, 0.717) is 28.2 Å². The fourth-order valence-corrected chi connectivity index (χ4v) is 2.82. The Morgan fingerprint density at radius 1 is 1.38 bits per heavy atom. The number of aliphatic carboxylic acids is 1. The molecular formula is C13H12F2N2O2S2. The second-order valence-corrected chi connectivity index (χ2v) is 5.99. The van der Waals surface area contributed by atoms with E-state index in [4.69, 9.17) is 5.11 Å². The summed E-state index contributed by atoms with van der Waals surface area (Å²) in [4.78, 5) is 15.2. The molecule has 0 bridgehead atoms. The normalized spacial score (nSPS) is 10.8. The van der Waals surface area contributed by atoms with Crippen LogP contribution in [-0.4, -0.2) is 21.8 Å². The lowest BCUT2D eigenvalue weighted by Crippen LogP contribution is -1.98. The number of aromatic nitrogens is 1. The summed E-state index contributed by atoms with van der Waals surface area (Å²) in [5.74, 6) is -3.29. The van der Waals surface area contributed by atoms with E-state index in [0.717, 1.165) is 11.4 Å². The molecule has 2 rings (SSSR count). The zero-order valence-corrected chi connectivity index (χ0v) is 12.4. The Morgan fingerprint density at radius 3 is 2.71 bits per heavy atom. The van der Waals surface area contributed by atoms with Crippen LogP contribution in [0, 0.1) is 0 Å². The van der Waals surface area contributed by atoms with E-state index in [1.807, 2.05) is 0 Å². The number of hydrogen-bond acceptors (Lipinski definition) is 5. The van der Waals surface area contributed by atoms with Crippen LogP contribution in [0.3, 0.4) is 0 Å². The number of benzene rings is 1. The molecule has 0 fully saturated rings. The van der Waals surface area contributed by atoms with Crippen molar-refractivity contribution in [2.45, 2.75) is 23.5 Å². The summed E-state index contributed by atoms with van der Waals surface area (Å²) in [6, 6.07) is 6.61. The third-order valence-electron chi connectivity index (χ3n) is 2.48. The van der Waals surface area contributed by atoms with Gasteiger partial charge in [0, 0.05) is 22.4 Å². The fourth-order valence-electron chi connectivity index (χ4n) is 1.56. The summed E-state index contributed by atoms with van der Waals surface area (Å²) in [5.41, 5.74) is 1.46. The molecule has 2 aromatic rings. The van der Waals surface area contributed by atoms with E-state index in [9.17, 15) is 13.6 Å². The number of thioether (sulfide) groups is 1. The van der Waals surface area contributed by atoms with Gasteiger partial charge in [-0.1, -0.05) is 11.8 Å². The minimum Gasteiger partial charge on any atom is -0.481 e. The highest BCUT2D eigenvalue weighted by molar-refractivity contribution is 7.99. The van der Waals surface area contributed by atoms with E-state index in [-0.39, 0.29) is 6.42 Å². The highest BCUT2D eigenvalue weighted by Gasteiger charge is 2.07. The quantitative estimate of drug-likeness (QED) is 0.744. The molecule has 0 aliphatic rings. The van der Waals surface area contributed by atoms with Gasteiger partial charge in [-0.2, -0.15) is 8.78 Å². The molecule has 0 radical (unpaired) electrons. The number of nitrogens with zero attached hydrogens (tertiary/aromatic N) is 1. The summed E-state index contributed by atoms with van der Waals surface area (Å²) < 4.78 is 24.4. The van der Waals surface area contributed by atoms with Gasteiger partial charge in [-0.05, 0) is 24.3 Å². The molecule has 0 atom stereocenters. The lowest BCUT2D eigenvalue weighted by Gasteiger charge is -2.04. The molecule has 21 heavy (non-hydrogen) atoms. The topological polar surface area (TPSA) is 62.2 Å². The molecule has 0 aliphatic carbocycles. The van der Waals surface area contributed by atoms with Crippen molar-refractivity contribution in [3.63, 3.8) is 0 Å². The lowest BCUT2D eigenvalue weighted by atomic mass is 10.2. The molecule has 0 saturated heterocycles. The van der Waals surface area contributed by atoms with Gasteiger partial charge >= 0.3 is 5.97 Å². The van der Waals surface area contributed by atoms with E-state index in [1.165, 1.54) is 11.3 Å². The van der Waals surface area contributed by atoms with Gasteiger partial charge in [0.25, 0.3) is 5.76 Å². The number of alkyl halides is 2. The van der Waals surface area contributed by atoms with Crippen molar-refractivity contribution in [2.24, 2.45) is 0 Å². The molecule has 0 unspecified atom stereocenters. The van der Waals surface area contributed by atoms with Crippen molar-refractivity contribution in [1.29, 1.82) is 0 Å². The highest BCUT2D eigenvalue weighted by atomic mass is 32.2. The average Bonchev–Trinajstić information content (AvgIpc) is 2.86. The van der Waals surface area contributed by atoms with Crippen molar-refractivity contribution >= 4 is 39.9 Å². The smallest absolute Gasteiger partial charge is 0.303 e. The molecule has 1 aromatic heterocycles. The Hall–Kier alpha value is -1.67. The number of thiazole rings is 1. The molecule has 1 aromatic carbocycles. The van der Waals surface area contributed by atoms with Gasteiger partial charge in [-0.25, -0.2) is 4.98 Å². The molecule has 0 aliphatic heterocycles. The zero-order chi connectivity index (χ0) is 15.2. The highest BCUT2D eigenvalue weighted by Crippen LogP contribution is 2.27. The van der Waals surface area contributed by atoms with Crippen LogP contribution in [0.4, 0.5) is 19.6 Å². The Labute approximate surface area is 128 Å². The Balaban J connectivity index is 1.93. The molecule has 1 heterocycles. The maximum Gasteiger partial charge on any atom is 0.303 e. The van der Waals surface area contributed by atoms with Gasteiger partial charge in [0.15, 0.2) is 5.13 Å². The predicted octanol–water partition coefficient (Wildman–Crippen LogP) is 4.22. The van der Waals surface area contributed by atoms with E-state index < -0.39 is 11.7 Å². The van der Waals surface area contributed by atoms with Gasteiger partial charge in [-0.15, -0.1) is 11.3 Å². The average molecular weight is 330 g/mol. The largest absolute Gasteiger partial charge is 0.481 e. The summed E-state index contributed by atoms with van der Waals surface area (Å²) in [7, 11) is 0. The number of rotatable bonds is 7. The third-order valence-corrected chi connectivity index (χ3v) is 4.01. The standard InChI is InChI=1S/C13H12F2N2O2S2/c14-12(15)21-10-4-1-8(2-5-10)16-13-17-9(7-20-13)3-6-11(18)19/h1-2,4-5,7,12H,3,6H2,(H,16,17)(H,18,19). The molecule has 4 nitrogen and oxygen atoms in total.